The normalized spacial score (nSPS) is 20.6. The highest BCUT2D eigenvalue weighted by Crippen LogP contribution is 2.31. The average Bonchev–Trinajstić information content (AvgIpc) is 2.88. The van der Waals surface area contributed by atoms with Crippen LogP contribution >= 0.6 is 0 Å². The summed E-state index contributed by atoms with van der Waals surface area (Å²) in [5, 5.41) is 9.84. The summed E-state index contributed by atoms with van der Waals surface area (Å²) >= 11 is 0. The molecule has 2 heterocycles. The molecule has 8 heteroatoms. The van der Waals surface area contributed by atoms with Gasteiger partial charge in [0, 0.05) is 13.2 Å². The minimum atomic E-state index is -4.45. The summed E-state index contributed by atoms with van der Waals surface area (Å²) in [7, 11) is 1.57. The number of aromatic nitrogens is 3. The Hall–Kier alpha value is -1.15. The Labute approximate surface area is 102 Å². The quantitative estimate of drug-likeness (QED) is 0.887. The van der Waals surface area contributed by atoms with Crippen molar-refractivity contribution >= 4 is 0 Å². The zero-order valence-electron chi connectivity index (χ0n) is 10.00. The SMILES string of the molecule is CNCc1nnn(CC2CCCO2)c1C(F)(F)F. The molecule has 102 valence electrons. The maximum atomic E-state index is 13.0. The third-order valence-corrected chi connectivity index (χ3v) is 2.82. The molecule has 1 fully saturated rings. The van der Waals surface area contributed by atoms with E-state index in [1.54, 1.807) is 7.05 Å². The van der Waals surface area contributed by atoms with Crippen LogP contribution < -0.4 is 5.32 Å². The monoisotopic (exact) mass is 264 g/mol. The molecule has 1 aromatic rings. The molecule has 1 aliphatic rings. The summed E-state index contributed by atoms with van der Waals surface area (Å²) in [6, 6.07) is 0. The van der Waals surface area contributed by atoms with Gasteiger partial charge in [-0.3, -0.25) is 0 Å². The molecular weight excluding hydrogens is 249 g/mol. The third-order valence-electron chi connectivity index (χ3n) is 2.82. The van der Waals surface area contributed by atoms with Crippen LogP contribution in [0.15, 0.2) is 0 Å². The first kappa shape index (κ1) is 13.3. The average molecular weight is 264 g/mol. The Balaban J connectivity index is 2.23. The first-order valence-electron chi connectivity index (χ1n) is 5.78. The Morgan fingerprint density at radius 3 is 2.83 bits per heavy atom. The zero-order chi connectivity index (χ0) is 13.2. The highest BCUT2D eigenvalue weighted by atomic mass is 19.4. The number of hydrogen-bond donors (Lipinski definition) is 1. The number of nitrogens with zero attached hydrogens (tertiary/aromatic N) is 3. The van der Waals surface area contributed by atoms with E-state index in [-0.39, 0.29) is 24.9 Å². The summed E-state index contributed by atoms with van der Waals surface area (Å²) < 4.78 is 45.1. The highest BCUT2D eigenvalue weighted by Gasteiger charge is 2.39. The lowest BCUT2D eigenvalue weighted by atomic mass is 10.2. The molecule has 0 bridgehead atoms. The van der Waals surface area contributed by atoms with Crippen LogP contribution in [0, 0.1) is 0 Å². The van der Waals surface area contributed by atoms with Gasteiger partial charge in [-0.1, -0.05) is 5.21 Å². The highest BCUT2D eigenvalue weighted by molar-refractivity contribution is 5.14. The molecule has 1 N–H and O–H groups in total. The van der Waals surface area contributed by atoms with Crippen LogP contribution in [-0.2, 0) is 24.0 Å². The van der Waals surface area contributed by atoms with E-state index in [9.17, 15) is 13.2 Å². The molecule has 0 amide bonds. The standard InChI is InChI=1S/C10H15F3N4O/c1-14-5-8-9(10(11,12)13)17(16-15-8)6-7-3-2-4-18-7/h7,14H,2-6H2,1H3. The molecule has 1 aromatic heterocycles. The van der Waals surface area contributed by atoms with Gasteiger partial charge in [-0.15, -0.1) is 5.10 Å². The Kier molecular flexibility index (Phi) is 3.86. The summed E-state index contributed by atoms with van der Waals surface area (Å²) in [4.78, 5) is 0. The molecule has 0 spiro atoms. The number of nitrogens with one attached hydrogen (secondary N) is 1. The largest absolute Gasteiger partial charge is 0.434 e. The molecule has 5 nitrogen and oxygen atoms in total. The summed E-state index contributed by atoms with van der Waals surface area (Å²) in [6.07, 6.45) is -3.01. The second kappa shape index (κ2) is 5.23. The lowest BCUT2D eigenvalue weighted by molar-refractivity contribution is -0.145. The molecule has 2 rings (SSSR count). The maximum Gasteiger partial charge on any atom is 0.434 e. The molecule has 1 unspecified atom stereocenters. The van der Waals surface area contributed by atoms with E-state index in [1.165, 1.54) is 0 Å². The minimum absolute atomic E-state index is 0.0420. The van der Waals surface area contributed by atoms with E-state index >= 15 is 0 Å². The van der Waals surface area contributed by atoms with E-state index in [1.807, 2.05) is 0 Å². The van der Waals surface area contributed by atoms with Crippen molar-refractivity contribution in [3.05, 3.63) is 11.4 Å². The van der Waals surface area contributed by atoms with Crippen molar-refractivity contribution in [3.63, 3.8) is 0 Å². The summed E-state index contributed by atoms with van der Waals surface area (Å²) in [6.45, 7) is 0.746. The molecular formula is C10H15F3N4O. The predicted octanol–water partition coefficient (Wildman–Crippen LogP) is 1.20. The van der Waals surface area contributed by atoms with Crippen molar-refractivity contribution in [2.45, 2.75) is 38.2 Å². The lowest BCUT2D eigenvalue weighted by Crippen LogP contribution is -2.23. The van der Waals surface area contributed by atoms with Gasteiger partial charge < -0.3 is 10.1 Å². The van der Waals surface area contributed by atoms with E-state index in [2.05, 4.69) is 15.6 Å². The van der Waals surface area contributed by atoms with Gasteiger partial charge >= 0.3 is 6.18 Å². The number of rotatable bonds is 4. The maximum absolute atomic E-state index is 13.0. The van der Waals surface area contributed by atoms with Gasteiger partial charge in [0.05, 0.1) is 12.6 Å². The second-order valence-corrected chi connectivity index (χ2v) is 4.23. The Morgan fingerprint density at radius 1 is 1.50 bits per heavy atom. The molecule has 0 radical (unpaired) electrons. The molecule has 18 heavy (non-hydrogen) atoms. The van der Waals surface area contributed by atoms with E-state index in [0.717, 1.165) is 17.5 Å². The smallest absolute Gasteiger partial charge is 0.376 e. The summed E-state index contributed by atoms with van der Waals surface area (Å²) in [5.74, 6) is 0. The van der Waals surface area contributed by atoms with Crippen LogP contribution in [0.2, 0.25) is 0 Å². The zero-order valence-corrected chi connectivity index (χ0v) is 10.00. The number of halogens is 3. The Morgan fingerprint density at radius 2 is 2.28 bits per heavy atom. The molecule has 1 aliphatic heterocycles. The molecule has 1 atom stereocenters. The van der Waals surface area contributed by atoms with Crippen LogP contribution in [0.25, 0.3) is 0 Å². The van der Waals surface area contributed by atoms with Gasteiger partial charge in [-0.05, 0) is 19.9 Å². The fourth-order valence-electron chi connectivity index (χ4n) is 2.05. The number of ether oxygens (including phenoxy) is 1. The van der Waals surface area contributed by atoms with E-state index < -0.39 is 11.9 Å². The van der Waals surface area contributed by atoms with Gasteiger partial charge in [0.1, 0.15) is 5.69 Å². The van der Waals surface area contributed by atoms with Gasteiger partial charge in [-0.2, -0.15) is 13.2 Å². The van der Waals surface area contributed by atoms with Crippen molar-refractivity contribution in [1.29, 1.82) is 0 Å². The van der Waals surface area contributed by atoms with Crippen molar-refractivity contribution in [3.8, 4) is 0 Å². The van der Waals surface area contributed by atoms with Crippen LogP contribution in [0.3, 0.4) is 0 Å². The van der Waals surface area contributed by atoms with E-state index in [0.29, 0.717) is 6.61 Å². The fourth-order valence-corrected chi connectivity index (χ4v) is 2.05. The van der Waals surface area contributed by atoms with E-state index in [4.69, 9.17) is 4.74 Å². The van der Waals surface area contributed by atoms with Crippen molar-refractivity contribution < 1.29 is 17.9 Å². The topological polar surface area (TPSA) is 52.0 Å². The van der Waals surface area contributed by atoms with Gasteiger partial charge in [0.2, 0.25) is 0 Å². The summed E-state index contributed by atoms with van der Waals surface area (Å²) in [5.41, 5.74) is -0.865. The number of alkyl halides is 3. The van der Waals surface area contributed by atoms with Gasteiger partial charge in [0.15, 0.2) is 5.69 Å². The fraction of sp³-hybridized carbons (Fsp3) is 0.800. The third kappa shape index (κ3) is 2.81. The van der Waals surface area contributed by atoms with Gasteiger partial charge in [0.25, 0.3) is 0 Å². The Bertz CT molecular complexity index is 398. The van der Waals surface area contributed by atoms with Crippen LogP contribution in [0.5, 0.6) is 0 Å². The minimum Gasteiger partial charge on any atom is -0.376 e. The molecule has 0 aromatic carbocycles. The first-order chi connectivity index (χ1) is 8.52. The second-order valence-electron chi connectivity index (χ2n) is 4.23. The lowest BCUT2D eigenvalue weighted by Gasteiger charge is -2.14. The predicted molar refractivity (Wildman–Crippen MR) is 56.8 cm³/mol. The molecule has 0 saturated carbocycles. The first-order valence-corrected chi connectivity index (χ1v) is 5.78. The van der Waals surface area contributed by atoms with Crippen LogP contribution in [-0.4, -0.2) is 34.8 Å². The van der Waals surface area contributed by atoms with Crippen LogP contribution in [0.1, 0.15) is 24.2 Å². The van der Waals surface area contributed by atoms with Crippen molar-refractivity contribution in [2.75, 3.05) is 13.7 Å². The molecule has 0 aliphatic carbocycles. The van der Waals surface area contributed by atoms with Crippen molar-refractivity contribution in [1.82, 2.24) is 20.3 Å². The number of hydrogen-bond acceptors (Lipinski definition) is 4. The molecule has 1 saturated heterocycles. The van der Waals surface area contributed by atoms with Crippen molar-refractivity contribution in [2.24, 2.45) is 0 Å². The van der Waals surface area contributed by atoms with Crippen LogP contribution in [0.4, 0.5) is 13.2 Å². The van der Waals surface area contributed by atoms with Gasteiger partial charge in [-0.25, -0.2) is 4.68 Å².